The summed E-state index contributed by atoms with van der Waals surface area (Å²) in [7, 11) is 0. The molecule has 4 rings (SSSR count). The number of benzene rings is 3. The van der Waals surface area contributed by atoms with Gasteiger partial charge in [-0.3, -0.25) is 4.90 Å². The van der Waals surface area contributed by atoms with Crippen molar-refractivity contribution < 1.29 is 28.9 Å². The van der Waals surface area contributed by atoms with Crippen LogP contribution in [0.3, 0.4) is 0 Å². The second kappa shape index (κ2) is 13.5. The van der Waals surface area contributed by atoms with Crippen LogP contribution in [0.25, 0.3) is 0 Å². The molecule has 3 aromatic carbocycles. The molecular formula is C32H38N2O6. The molecule has 0 radical (unpaired) electrons. The Morgan fingerprint density at radius 3 is 1.95 bits per heavy atom. The van der Waals surface area contributed by atoms with Gasteiger partial charge in [-0.25, -0.2) is 9.59 Å². The van der Waals surface area contributed by atoms with E-state index in [1.54, 1.807) is 20.8 Å². The fourth-order valence-electron chi connectivity index (χ4n) is 5.07. The number of amides is 2. The van der Waals surface area contributed by atoms with Crippen molar-refractivity contribution in [3.05, 3.63) is 108 Å². The van der Waals surface area contributed by atoms with Crippen LogP contribution < -0.4 is 5.32 Å². The molecule has 212 valence electrons. The zero-order chi connectivity index (χ0) is 28.5. The largest absolute Gasteiger partial charge is 0.445 e. The molecule has 8 nitrogen and oxygen atoms in total. The second-order valence-corrected chi connectivity index (χ2v) is 10.9. The van der Waals surface area contributed by atoms with E-state index in [0.29, 0.717) is 6.61 Å². The molecule has 2 amide bonds. The van der Waals surface area contributed by atoms with Crippen LogP contribution in [0, 0.1) is 5.92 Å². The lowest BCUT2D eigenvalue weighted by Gasteiger charge is -2.31. The number of aliphatic hydroxyl groups excluding tert-OH is 1. The molecule has 2 N–H and O–H groups in total. The van der Waals surface area contributed by atoms with E-state index in [2.05, 4.69) is 5.32 Å². The number of nitrogens with zero attached hydrogens (tertiary/aromatic N) is 1. The standard InChI is InChI=1S/C32H38N2O6/c1-32(2,3)40-30(36)33-28-26(22-38-20-23-13-7-4-8-14-23)27(19-35)34(29(28)25-17-11-6-12-18-25)31(37)39-21-24-15-9-5-10-16-24/h4-18,26-29,35H,19-22H2,1-3H3,(H,33,36)/t26-,27-,28+,29-/m0/s1. The maximum absolute atomic E-state index is 13.7. The Morgan fingerprint density at radius 1 is 0.850 bits per heavy atom. The number of rotatable bonds is 9. The summed E-state index contributed by atoms with van der Waals surface area (Å²) < 4.78 is 17.4. The number of hydrogen-bond donors (Lipinski definition) is 2. The summed E-state index contributed by atoms with van der Waals surface area (Å²) in [6.07, 6.45) is -1.19. The van der Waals surface area contributed by atoms with E-state index >= 15 is 0 Å². The number of carbonyl (C=O) groups excluding carboxylic acids is 2. The third-order valence-corrected chi connectivity index (χ3v) is 6.80. The molecule has 1 aliphatic rings. The van der Waals surface area contributed by atoms with Gasteiger partial charge >= 0.3 is 12.2 Å². The van der Waals surface area contributed by atoms with Gasteiger partial charge in [-0.05, 0) is 37.5 Å². The number of ether oxygens (including phenoxy) is 3. The average molecular weight is 547 g/mol. The average Bonchev–Trinajstić information content (AvgIpc) is 3.25. The molecule has 0 aromatic heterocycles. The highest BCUT2D eigenvalue weighted by Gasteiger charge is 2.53. The van der Waals surface area contributed by atoms with Crippen molar-refractivity contribution >= 4 is 12.2 Å². The third-order valence-electron chi connectivity index (χ3n) is 6.80. The van der Waals surface area contributed by atoms with E-state index < -0.39 is 41.8 Å². The minimum atomic E-state index is -0.713. The molecule has 4 atom stereocenters. The molecule has 3 aromatic rings. The highest BCUT2D eigenvalue weighted by Crippen LogP contribution is 2.41. The first kappa shape index (κ1) is 29.1. The number of likely N-dealkylation sites (tertiary alicyclic amines) is 1. The van der Waals surface area contributed by atoms with Crippen molar-refractivity contribution in [1.29, 1.82) is 0 Å². The van der Waals surface area contributed by atoms with Crippen molar-refractivity contribution in [1.82, 2.24) is 10.2 Å². The van der Waals surface area contributed by atoms with Crippen LogP contribution in [0.2, 0.25) is 0 Å². The van der Waals surface area contributed by atoms with E-state index in [1.807, 2.05) is 91.0 Å². The molecule has 0 spiro atoms. The summed E-state index contributed by atoms with van der Waals surface area (Å²) in [4.78, 5) is 28.3. The normalized spacial score (nSPS) is 20.6. The highest BCUT2D eigenvalue weighted by atomic mass is 16.6. The van der Waals surface area contributed by atoms with Crippen LogP contribution in [0.15, 0.2) is 91.0 Å². The molecule has 1 saturated heterocycles. The number of nitrogens with one attached hydrogen (secondary N) is 1. The predicted molar refractivity (Wildman–Crippen MR) is 151 cm³/mol. The molecule has 0 saturated carbocycles. The molecule has 0 aliphatic carbocycles. The van der Waals surface area contributed by atoms with Gasteiger partial charge in [0.05, 0.1) is 37.9 Å². The van der Waals surface area contributed by atoms with Gasteiger partial charge in [-0.15, -0.1) is 0 Å². The lowest BCUT2D eigenvalue weighted by atomic mass is 9.91. The number of carbonyl (C=O) groups is 2. The first-order valence-electron chi connectivity index (χ1n) is 13.5. The summed E-state index contributed by atoms with van der Waals surface area (Å²) in [6.45, 7) is 5.65. The van der Waals surface area contributed by atoms with Gasteiger partial charge < -0.3 is 24.6 Å². The van der Waals surface area contributed by atoms with Crippen molar-refractivity contribution in [2.75, 3.05) is 13.2 Å². The first-order chi connectivity index (χ1) is 19.3. The maximum atomic E-state index is 13.7. The Bertz CT molecular complexity index is 1220. The third kappa shape index (κ3) is 7.61. The van der Waals surface area contributed by atoms with E-state index in [4.69, 9.17) is 14.2 Å². The molecule has 40 heavy (non-hydrogen) atoms. The Kier molecular flexibility index (Phi) is 9.79. The minimum absolute atomic E-state index is 0.0785. The number of hydrogen-bond acceptors (Lipinski definition) is 6. The summed E-state index contributed by atoms with van der Waals surface area (Å²) >= 11 is 0. The molecule has 0 unspecified atom stereocenters. The predicted octanol–water partition coefficient (Wildman–Crippen LogP) is 5.47. The van der Waals surface area contributed by atoms with Crippen molar-refractivity contribution in [3.8, 4) is 0 Å². The summed E-state index contributed by atoms with van der Waals surface area (Å²) in [6, 6.07) is 26.7. The Labute approximate surface area is 235 Å². The first-order valence-corrected chi connectivity index (χ1v) is 13.5. The van der Waals surface area contributed by atoms with Crippen molar-refractivity contribution in [2.45, 2.75) is 57.7 Å². The van der Waals surface area contributed by atoms with Crippen LogP contribution in [0.4, 0.5) is 9.59 Å². The molecule has 1 heterocycles. The second-order valence-electron chi connectivity index (χ2n) is 10.9. The van der Waals surface area contributed by atoms with E-state index in [1.165, 1.54) is 4.90 Å². The van der Waals surface area contributed by atoms with Gasteiger partial charge in [0.25, 0.3) is 0 Å². The summed E-state index contributed by atoms with van der Waals surface area (Å²) in [5.41, 5.74) is 1.92. The molecule has 1 fully saturated rings. The zero-order valence-electron chi connectivity index (χ0n) is 23.2. The lowest BCUT2D eigenvalue weighted by Crippen LogP contribution is -2.46. The van der Waals surface area contributed by atoms with Crippen LogP contribution >= 0.6 is 0 Å². The fraction of sp³-hybridized carbons (Fsp3) is 0.375. The van der Waals surface area contributed by atoms with Gasteiger partial charge in [0.2, 0.25) is 0 Å². The summed E-state index contributed by atoms with van der Waals surface area (Å²) in [5, 5.41) is 13.6. The van der Waals surface area contributed by atoms with Crippen molar-refractivity contribution in [3.63, 3.8) is 0 Å². The zero-order valence-corrected chi connectivity index (χ0v) is 23.2. The van der Waals surface area contributed by atoms with Crippen LogP contribution in [0.5, 0.6) is 0 Å². The monoisotopic (exact) mass is 546 g/mol. The maximum Gasteiger partial charge on any atom is 0.411 e. The van der Waals surface area contributed by atoms with E-state index in [9.17, 15) is 14.7 Å². The molecule has 8 heteroatoms. The highest BCUT2D eigenvalue weighted by molar-refractivity contribution is 5.72. The van der Waals surface area contributed by atoms with Gasteiger partial charge in [-0.1, -0.05) is 91.0 Å². The van der Waals surface area contributed by atoms with E-state index in [0.717, 1.165) is 16.7 Å². The SMILES string of the molecule is CC(C)(C)OC(=O)N[C@@H]1[C@@H](COCc2ccccc2)[C@H](CO)N(C(=O)OCc2ccccc2)[C@H]1c1ccccc1. The molecular weight excluding hydrogens is 508 g/mol. The number of alkyl carbamates (subject to hydrolysis) is 1. The molecule has 0 bridgehead atoms. The lowest BCUT2D eigenvalue weighted by molar-refractivity contribution is 0.0342. The molecule has 1 aliphatic heterocycles. The van der Waals surface area contributed by atoms with Crippen LogP contribution in [-0.4, -0.2) is 53.1 Å². The quantitative estimate of drug-likeness (QED) is 0.370. The topological polar surface area (TPSA) is 97.3 Å². The Hall–Kier alpha value is -3.88. The Morgan fingerprint density at radius 2 is 1.40 bits per heavy atom. The summed E-state index contributed by atoms with van der Waals surface area (Å²) in [5.74, 6) is -0.448. The van der Waals surface area contributed by atoms with Gasteiger partial charge in [0.1, 0.15) is 12.2 Å². The van der Waals surface area contributed by atoms with Gasteiger partial charge in [0, 0.05) is 5.92 Å². The van der Waals surface area contributed by atoms with Gasteiger partial charge in [0.15, 0.2) is 0 Å². The van der Waals surface area contributed by atoms with Gasteiger partial charge in [-0.2, -0.15) is 0 Å². The van der Waals surface area contributed by atoms with Crippen LogP contribution in [0.1, 0.15) is 43.5 Å². The van der Waals surface area contributed by atoms with E-state index in [-0.39, 0.29) is 19.8 Å². The fourth-order valence-corrected chi connectivity index (χ4v) is 5.07. The Balaban J connectivity index is 1.65. The smallest absolute Gasteiger partial charge is 0.411 e. The van der Waals surface area contributed by atoms with Crippen molar-refractivity contribution in [2.24, 2.45) is 5.92 Å². The number of aliphatic hydroxyl groups is 1. The minimum Gasteiger partial charge on any atom is -0.445 e. The van der Waals surface area contributed by atoms with Crippen LogP contribution in [-0.2, 0) is 27.4 Å².